The second kappa shape index (κ2) is 7.73. The second-order valence-electron chi connectivity index (χ2n) is 5.98. The molecule has 1 aromatic heterocycles. The minimum absolute atomic E-state index is 0.0172. The monoisotopic (exact) mass is 398 g/mol. The number of halogens is 1. The van der Waals surface area contributed by atoms with Crippen LogP contribution in [0.2, 0.25) is 5.02 Å². The Morgan fingerprint density at radius 3 is 2.54 bits per heavy atom. The van der Waals surface area contributed by atoms with Crippen LogP contribution in [-0.4, -0.2) is 47.7 Å². The Hall–Kier alpha value is -1.97. The number of amides is 1. The normalized spacial score (nSPS) is 16.5. The Kier molecular flexibility index (Phi) is 5.59. The van der Waals surface area contributed by atoms with Crippen LogP contribution in [0.1, 0.15) is 19.8 Å². The van der Waals surface area contributed by atoms with Gasteiger partial charge in [0.25, 0.3) is 0 Å². The molecule has 140 valence electrons. The highest BCUT2D eigenvalue weighted by atomic mass is 35.5. The first-order chi connectivity index (χ1) is 12.4. The quantitative estimate of drug-likeness (QED) is 0.828. The molecular weight excluding hydrogens is 380 g/mol. The molecule has 1 aliphatic rings. The summed E-state index contributed by atoms with van der Waals surface area (Å²) in [5.41, 5.74) is 0.695. The molecular formula is C16H19ClN4O4S. The van der Waals surface area contributed by atoms with E-state index in [1.807, 2.05) is 0 Å². The number of anilines is 1. The van der Waals surface area contributed by atoms with E-state index < -0.39 is 10.0 Å². The summed E-state index contributed by atoms with van der Waals surface area (Å²) in [7, 11) is -3.21. The smallest absolute Gasteiger partial charge is 0.322 e. The molecule has 2 heterocycles. The Morgan fingerprint density at radius 1 is 1.27 bits per heavy atom. The van der Waals surface area contributed by atoms with E-state index in [0.717, 1.165) is 0 Å². The minimum Gasteiger partial charge on any atom is -0.403 e. The van der Waals surface area contributed by atoms with E-state index in [9.17, 15) is 13.2 Å². The third kappa shape index (κ3) is 4.22. The molecule has 0 unspecified atom stereocenters. The summed E-state index contributed by atoms with van der Waals surface area (Å²) >= 11 is 5.84. The van der Waals surface area contributed by atoms with Gasteiger partial charge in [0.05, 0.1) is 5.75 Å². The SMILES string of the molecule is CCS(=O)(=O)N1CCC(C(=O)Nc2nnc(-c3ccc(Cl)cc3)o2)CC1. The number of hydrogen-bond donors (Lipinski definition) is 1. The van der Waals surface area contributed by atoms with Crippen LogP contribution in [0.4, 0.5) is 6.01 Å². The molecule has 0 saturated carbocycles. The summed E-state index contributed by atoms with van der Waals surface area (Å²) in [6, 6.07) is 6.91. The number of piperidine rings is 1. The lowest BCUT2D eigenvalue weighted by Gasteiger charge is -2.29. The maximum absolute atomic E-state index is 12.4. The summed E-state index contributed by atoms with van der Waals surface area (Å²) in [5, 5.41) is 10.9. The van der Waals surface area contributed by atoms with Crippen molar-refractivity contribution in [1.29, 1.82) is 0 Å². The largest absolute Gasteiger partial charge is 0.403 e. The molecule has 10 heteroatoms. The number of sulfonamides is 1. The zero-order chi connectivity index (χ0) is 18.7. The van der Waals surface area contributed by atoms with Crippen molar-refractivity contribution in [2.75, 3.05) is 24.2 Å². The molecule has 0 radical (unpaired) electrons. The van der Waals surface area contributed by atoms with Crippen molar-refractivity contribution < 1.29 is 17.6 Å². The van der Waals surface area contributed by atoms with Gasteiger partial charge in [-0.15, -0.1) is 5.10 Å². The number of carbonyl (C=O) groups is 1. The number of nitrogens with one attached hydrogen (secondary N) is 1. The topological polar surface area (TPSA) is 105 Å². The Bertz CT molecular complexity index is 874. The molecule has 1 saturated heterocycles. The number of aromatic nitrogens is 2. The van der Waals surface area contributed by atoms with Crippen LogP contribution in [0.25, 0.3) is 11.5 Å². The number of hydrogen-bond acceptors (Lipinski definition) is 6. The molecule has 26 heavy (non-hydrogen) atoms. The Labute approximate surface area is 156 Å². The summed E-state index contributed by atoms with van der Waals surface area (Å²) < 4.78 is 30.6. The van der Waals surface area contributed by atoms with E-state index >= 15 is 0 Å². The molecule has 1 N–H and O–H groups in total. The van der Waals surface area contributed by atoms with Crippen LogP contribution >= 0.6 is 11.6 Å². The molecule has 0 atom stereocenters. The average molecular weight is 399 g/mol. The molecule has 0 bridgehead atoms. The highest BCUT2D eigenvalue weighted by Crippen LogP contribution is 2.24. The van der Waals surface area contributed by atoms with Gasteiger partial charge in [-0.2, -0.15) is 0 Å². The summed E-state index contributed by atoms with van der Waals surface area (Å²) in [4.78, 5) is 12.4. The van der Waals surface area contributed by atoms with Crippen molar-refractivity contribution in [3.05, 3.63) is 29.3 Å². The van der Waals surface area contributed by atoms with Gasteiger partial charge >= 0.3 is 6.01 Å². The second-order valence-corrected chi connectivity index (χ2v) is 8.68. The fourth-order valence-electron chi connectivity index (χ4n) is 2.77. The van der Waals surface area contributed by atoms with Crippen molar-refractivity contribution >= 4 is 33.5 Å². The van der Waals surface area contributed by atoms with Crippen molar-refractivity contribution in [2.24, 2.45) is 5.92 Å². The lowest BCUT2D eigenvalue weighted by molar-refractivity contribution is -0.121. The van der Waals surface area contributed by atoms with Crippen molar-refractivity contribution in [3.63, 3.8) is 0 Å². The number of nitrogens with zero attached hydrogens (tertiary/aromatic N) is 3. The van der Waals surface area contributed by atoms with E-state index in [2.05, 4.69) is 15.5 Å². The predicted molar refractivity (Wildman–Crippen MR) is 97.1 cm³/mol. The van der Waals surface area contributed by atoms with Gasteiger partial charge in [0.15, 0.2) is 0 Å². The van der Waals surface area contributed by atoms with Gasteiger partial charge in [0.1, 0.15) is 0 Å². The Balaban J connectivity index is 1.58. The van der Waals surface area contributed by atoms with Gasteiger partial charge in [-0.25, -0.2) is 12.7 Å². The predicted octanol–water partition coefficient (Wildman–Crippen LogP) is 2.39. The van der Waals surface area contributed by atoms with Gasteiger partial charge in [-0.05, 0) is 44.0 Å². The maximum atomic E-state index is 12.4. The van der Waals surface area contributed by atoms with E-state index in [1.54, 1.807) is 31.2 Å². The average Bonchev–Trinajstić information content (AvgIpc) is 3.11. The van der Waals surface area contributed by atoms with E-state index in [-0.39, 0.29) is 29.5 Å². The lowest BCUT2D eigenvalue weighted by atomic mass is 9.97. The molecule has 0 aliphatic carbocycles. The van der Waals surface area contributed by atoms with Crippen LogP contribution < -0.4 is 5.32 Å². The highest BCUT2D eigenvalue weighted by Gasteiger charge is 2.30. The van der Waals surface area contributed by atoms with Crippen molar-refractivity contribution in [1.82, 2.24) is 14.5 Å². The first kappa shape index (κ1) is 18.8. The van der Waals surface area contributed by atoms with Crippen molar-refractivity contribution in [3.8, 4) is 11.5 Å². The summed E-state index contributed by atoms with van der Waals surface area (Å²) in [6.07, 6.45) is 0.923. The zero-order valence-electron chi connectivity index (χ0n) is 14.2. The fraction of sp³-hybridized carbons (Fsp3) is 0.438. The number of rotatable bonds is 5. The van der Waals surface area contributed by atoms with Gasteiger partial charge < -0.3 is 4.42 Å². The summed E-state index contributed by atoms with van der Waals surface area (Å²) in [5.74, 6) is -0.186. The molecule has 3 rings (SSSR count). The van der Waals surface area contributed by atoms with Gasteiger partial charge in [0.2, 0.25) is 21.8 Å². The molecule has 1 fully saturated rings. The van der Waals surface area contributed by atoms with Crippen LogP contribution in [0.5, 0.6) is 0 Å². The summed E-state index contributed by atoms with van der Waals surface area (Å²) in [6.45, 7) is 2.30. The molecule has 1 aliphatic heterocycles. The van der Waals surface area contributed by atoms with Crippen LogP contribution in [0.15, 0.2) is 28.7 Å². The van der Waals surface area contributed by atoms with Gasteiger partial charge in [-0.3, -0.25) is 10.1 Å². The van der Waals surface area contributed by atoms with Crippen molar-refractivity contribution in [2.45, 2.75) is 19.8 Å². The Morgan fingerprint density at radius 2 is 1.92 bits per heavy atom. The van der Waals surface area contributed by atoms with E-state index in [1.165, 1.54) is 4.31 Å². The van der Waals surface area contributed by atoms with Crippen LogP contribution in [-0.2, 0) is 14.8 Å². The first-order valence-electron chi connectivity index (χ1n) is 8.27. The molecule has 8 nitrogen and oxygen atoms in total. The lowest BCUT2D eigenvalue weighted by Crippen LogP contribution is -2.42. The molecule has 1 amide bonds. The zero-order valence-corrected chi connectivity index (χ0v) is 15.8. The van der Waals surface area contributed by atoms with E-state index in [4.69, 9.17) is 16.0 Å². The number of benzene rings is 1. The third-order valence-electron chi connectivity index (χ3n) is 4.33. The third-order valence-corrected chi connectivity index (χ3v) is 6.46. The maximum Gasteiger partial charge on any atom is 0.322 e. The van der Waals surface area contributed by atoms with Gasteiger partial charge in [0, 0.05) is 29.6 Å². The first-order valence-corrected chi connectivity index (χ1v) is 10.3. The van der Waals surface area contributed by atoms with Crippen LogP contribution in [0, 0.1) is 5.92 Å². The van der Waals surface area contributed by atoms with Gasteiger partial charge in [-0.1, -0.05) is 16.7 Å². The minimum atomic E-state index is -3.21. The standard InChI is InChI=1S/C16H19ClN4O4S/c1-2-26(23,24)21-9-7-11(8-10-21)14(22)18-16-20-19-15(25-16)12-3-5-13(17)6-4-12/h3-6,11H,2,7-10H2,1H3,(H,18,20,22). The number of carbonyl (C=O) groups excluding carboxylic acids is 1. The van der Waals surface area contributed by atoms with E-state index in [0.29, 0.717) is 36.5 Å². The molecule has 1 aromatic carbocycles. The highest BCUT2D eigenvalue weighted by molar-refractivity contribution is 7.89. The fourth-order valence-corrected chi connectivity index (χ4v) is 4.03. The van der Waals surface area contributed by atoms with Crippen LogP contribution in [0.3, 0.4) is 0 Å². The molecule has 2 aromatic rings. The molecule has 0 spiro atoms.